The highest BCUT2D eigenvalue weighted by atomic mass is 16.6. The van der Waals surface area contributed by atoms with Gasteiger partial charge in [-0.1, -0.05) is 6.92 Å². The summed E-state index contributed by atoms with van der Waals surface area (Å²) in [5.74, 6) is -1.94. The van der Waals surface area contributed by atoms with Gasteiger partial charge in [0.2, 0.25) is 0 Å². The molecule has 0 saturated heterocycles. The maximum absolute atomic E-state index is 11.4. The minimum atomic E-state index is -1.17. The molecular formula is C10H12N2O4. The first-order valence-electron chi connectivity index (χ1n) is 4.70. The van der Waals surface area contributed by atoms with E-state index in [4.69, 9.17) is 15.6 Å². The third-order valence-electron chi connectivity index (χ3n) is 1.89. The molecule has 1 heterocycles. The number of nitrogens with zero attached hydrogens (tertiary/aromatic N) is 1. The van der Waals surface area contributed by atoms with Crippen molar-refractivity contribution in [2.75, 3.05) is 5.73 Å². The number of carbonyl (C=O) groups is 2. The Labute approximate surface area is 92.0 Å². The Balaban J connectivity index is 2.71. The third-order valence-corrected chi connectivity index (χ3v) is 1.89. The van der Waals surface area contributed by atoms with E-state index < -0.39 is 18.0 Å². The monoisotopic (exact) mass is 224 g/mol. The molecule has 0 fully saturated rings. The van der Waals surface area contributed by atoms with Gasteiger partial charge in [0, 0.05) is 0 Å². The second kappa shape index (κ2) is 5.11. The molecule has 16 heavy (non-hydrogen) atoms. The summed E-state index contributed by atoms with van der Waals surface area (Å²) in [5.41, 5.74) is 5.85. The lowest BCUT2D eigenvalue weighted by molar-refractivity contribution is -0.147. The number of esters is 1. The average molecular weight is 224 g/mol. The fourth-order valence-electron chi connectivity index (χ4n) is 1.02. The second-order valence-electron chi connectivity index (χ2n) is 3.12. The highest BCUT2D eigenvalue weighted by Crippen LogP contribution is 2.06. The number of rotatable bonds is 4. The van der Waals surface area contributed by atoms with Crippen LogP contribution in [0.1, 0.15) is 23.8 Å². The molecule has 0 amide bonds. The molecule has 1 unspecified atom stereocenters. The van der Waals surface area contributed by atoms with E-state index in [1.807, 2.05) is 0 Å². The van der Waals surface area contributed by atoms with Gasteiger partial charge in [-0.25, -0.2) is 14.6 Å². The number of hydrogen-bond acceptors (Lipinski definition) is 5. The van der Waals surface area contributed by atoms with Gasteiger partial charge < -0.3 is 15.6 Å². The molecule has 3 N–H and O–H groups in total. The zero-order chi connectivity index (χ0) is 12.1. The molecule has 0 bridgehead atoms. The number of nitrogens with two attached hydrogens (primary N) is 1. The van der Waals surface area contributed by atoms with Crippen LogP contribution in [-0.2, 0) is 9.53 Å². The number of pyridine rings is 1. The zero-order valence-corrected chi connectivity index (χ0v) is 8.71. The Morgan fingerprint density at radius 1 is 1.56 bits per heavy atom. The highest BCUT2D eigenvalue weighted by Gasteiger charge is 2.21. The molecule has 0 saturated carbocycles. The third kappa shape index (κ3) is 2.94. The number of aromatic nitrogens is 1. The summed E-state index contributed by atoms with van der Waals surface area (Å²) < 4.78 is 4.75. The van der Waals surface area contributed by atoms with E-state index in [1.54, 1.807) is 6.92 Å². The molecule has 0 aliphatic carbocycles. The van der Waals surface area contributed by atoms with Gasteiger partial charge in [-0.05, 0) is 18.6 Å². The maximum atomic E-state index is 11.4. The van der Waals surface area contributed by atoms with Gasteiger partial charge in [0.25, 0.3) is 0 Å². The lowest BCUT2D eigenvalue weighted by Crippen LogP contribution is -2.26. The number of aliphatic carboxylic acids is 1. The van der Waals surface area contributed by atoms with Gasteiger partial charge in [0.1, 0.15) is 5.69 Å². The van der Waals surface area contributed by atoms with Crippen molar-refractivity contribution in [1.29, 1.82) is 0 Å². The van der Waals surface area contributed by atoms with Crippen molar-refractivity contribution in [3.8, 4) is 0 Å². The molecule has 0 aromatic carbocycles. The van der Waals surface area contributed by atoms with Gasteiger partial charge in [-0.2, -0.15) is 0 Å². The fraction of sp³-hybridized carbons (Fsp3) is 0.300. The molecule has 0 aliphatic rings. The highest BCUT2D eigenvalue weighted by molar-refractivity contribution is 5.89. The van der Waals surface area contributed by atoms with Crippen LogP contribution in [0.25, 0.3) is 0 Å². The number of carboxylic acid groups (broad SMARTS) is 1. The molecule has 0 radical (unpaired) electrons. The first kappa shape index (κ1) is 12.0. The van der Waals surface area contributed by atoms with Crippen molar-refractivity contribution < 1.29 is 19.4 Å². The molecule has 1 rings (SSSR count). The van der Waals surface area contributed by atoms with Crippen LogP contribution in [0.15, 0.2) is 18.3 Å². The Morgan fingerprint density at radius 2 is 2.25 bits per heavy atom. The SMILES string of the molecule is CCC(OC(=O)c1ccc(N)cn1)C(=O)O. The van der Waals surface area contributed by atoms with Crippen LogP contribution in [0.5, 0.6) is 0 Å². The molecule has 6 nitrogen and oxygen atoms in total. The molecule has 1 atom stereocenters. The number of nitrogen functional groups attached to an aromatic ring is 1. The van der Waals surface area contributed by atoms with Crippen LogP contribution >= 0.6 is 0 Å². The molecule has 0 aliphatic heterocycles. The molecule has 6 heteroatoms. The van der Waals surface area contributed by atoms with Crippen LogP contribution in [0, 0.1) is 0 Å². The summed E-state index contributed by atoms with van der Waals surface area (Å²) in [5, 5.41) is 8.70. The van der Waals surface area contributed by atoms with Crippen LogP contribution in [0.2, 0.25) is 0 Å². The van der Waals surface area contributed by atoms with E-state index >= 15 is 0 Å². The van der Waals surface area contributed by atoms with Gasteiger partial charge in [0.05, 0.1) is 11.9 Å². The van der Waals surface area contributed by atoms with Crippen LogP contribution in [0.4, 0.5) is 5.69 Å². The van der Waals surface area contributed by atoms with Crippen LogP contribution in [-0.4, -0.2) is 28.1 Å². The summed E-state index contributed by atoms with van der Waals surface area (Å²) in [7, 11) is 0. The van der Waals surface area contributed by atoms with E-state index in [2.05, 4.69) is 4.98 Å². The lowest BCUT2D eigenvalue weighted by atomic mass is 10.3. The van der Waals surface area contributed by atoms with Crippen molar-refractivity contribution in [2.45, 2.75) is 19.4 Å². The number of ether oxygens (including phenoxy) is 1. The Morgan fingerprint density at radius 3 is 2.69 bits per heavy atom. The maximum Gasteiger partial charge on any atom is 0.357 e. The van der Waals surface area contributed by atoms with Crippen molar-refractivity contribution >= 4 is 17.6 Å². The second-order valence-corrected chi connectivity index (χ2v) is 3.12. The summed E-state index contributed by atoms with van der Waals surface area (Å²) in [6, 6.07) is 2.87. The van der Waals surface area contributed by atoms with Crippen molar-refractivity contribution in [1.82, 2.24) is 4.98 Å². The summed E-state index contributed by atoms with van der Waals surface area (Å²) >= 11 is 0. The normalized spacial score (nSPS) is 11.8. The average Bonchev–Trinajstić information content (AvgIpc) is 2.26. The Kier molecular flexibility index (Phi) is 3.82. The van der Waals surface area contributed by atoms with Gasteiger partial charge in [-0.3, -0.25) is 0 Å². The van der Waals surface area contributed by atoms with Crippen LogP contribution in [0.3, 0.4) is 0 Å². The zero-order valence-electron chi connectivity index (χ0n) is 8.71. The van der Waals surface area contributed by atoms with Gasteiger partial charge >= 0.3 is 11.9 Å². The summed E-state index contributed by atoms with van der Waals surface area (Å²) in [6.07, 6.45) is 0.362. The minimum Gasteiger partial charge on any atom is -0.479 e. The standard InChI is InChI=1S/C10H12N2O4/c1-2-8(9(13)14)16-10(15)7-4-3-6(11)5-12-7/h3-5,8H,2,11H2,1H3,(H,13,14). The number of anilines is 1. The molecular weight excluding hydrogens is 212 g/mol. The minimum absolute atomic E-state index is 0.0360. The Bertz CT molecular complexity index is 388. The number of hydrogen-bond donors (Lipinski definition) is 2. The first-order valence-corrected chi connectivity index (χ1v) is 4.70. The topological polar surface area (TPSA) is 103 Å². The molecule has 1 aromatic rings. The predicted molar refractivity (Wildman–Crippen MR) is 55.8 cm³/mol. The van der Waals surface area contributed by atoms with E-state index in [0.29, 0.717) is 5.69 Å². The van der Waals surface area contributed by atoms with Crippen molar-refractivity contribution in [3.63, 3.8) is 0 Å². The molecule has 1 aromatic heterocycles. The predicted octanol–water partition coefficient (Wildman–Crippen LogP) is 0.684. The summed E-state index contributed by atoms with van der Waals surface area (Å²) in [4.78, 5) is 25.8. The lowest BCUT2D eigenvalue weighted by Gasteiger charge is -2.10. The van der Waals surface area contributed by atoms with E-state index in [-0.39, 0.29) is 12.1 Å². The van der Waals surface area contributed by atoms with E-state index in [9.17, 15) is 9.59 Å². The molecule has 86 valence electrons. The van der Waals surface area contributed by atoms with Gasteiger partial charge in [0.15, 0.2) is 6.10 Å². The summed E-state index contributed by atoms with van der Waals surface area (Å²) in [6.45, 7) is 1.61. The molecule has 0 spiro atoms. The Hall–Kier alpha value is -2.11. The first-order chi connectivity index (χ1) is 7.54. The largest absolute Gasteiger partial charge is 0.479 e. The number of carboxylic acids is 1. The van der Waals surface area contributed by atoms with Crippen molar-refractivity contribution in [3.05, 3.63) is 24.0 Å². The van der Waals surface area contributed by atoms with Gasteiger partial charge in [-0.15, -0.1) is 0 Å². The number of carbonyl (C=O) groups excluding carboxylic acids is 1. The van der Waals surface area contributed by atoms with E-state index in [0.717, 1.165) is 0 Å². The van der Waals surface area contributed by atoms with Crippen molar-refractivity contribution in [2.24, 2.45) is 0 Å². The fourth-order valence-corrected chi connectivity index (χ4v) is 1.02. The smallest absolute Gasteiger partial charge is 0.357 e. The quantitative estimate of drug-likeness (QED) is 0.729. The van der Waals surface area contributed by atoms with Crippen LogP contribution < -0.4 is 5.73 Å². The van der Waals surface area contributed by atoms with E-state index in [1.165, 1.54) is 18.3 Å².